The van der Waals surface area contributed by atoms with Crippen molar-refractivity contribution in [2.24, 2.45) is 5.41 Å². The predicted molar refractivity (Wildman–Crippen MR) is 92.8 cm³/mol. The van der Waals surface area contributed by atoms with E-state index in [-0.39, 0.29) is 24.5 Å². The van der Waals surface area contributed by atoms with E-state index in [1.807, 2.05) is 23.5 Å². The van der Waals surface area contributed by atoms with E-state index in [1.165, 1.54) is 12.0 Å². The van der Waals surface area contributed by atoms with E-state index in [2.05, 4.69) is 9.88 Å². The molecule has 0 saturated carbocycles. The number of nitrogens with zero attached hydrogens (tertiary/aromatic N) is 3. The molecule has 1 spiro atoms. The van der Waals surface area contributed by atoms with Crippen molar-refractivity contribution in [1.82, 2.24) is 14.8 Å². The molecule has 1 aromatic rings. The van der Waals surface area contributed by atoms with Crippen LogP contribution >= 0.6 is 11.3 Å². The number of aliphatic hydroxyl groups excluding tert-OH is 1. The Hall–Kier alpha value is -1.02. The number of hydrogen-bond donors (Lipinski definition) is 1. The minimum absolute atomic E-state index is 0.00871. The summed E-state index contributed by atoms with van der Waals surface area (Å²) in [5.41, 5.74) is 1.55. The second kappa shape index (κ2) is 7.07. The van der Waals surface area contributed by atoms with E-state index in [0.29, 0.717) is 0 Å². The summed E-state index contributed by atoms with van der Waals surface area (Å²) in [5, 5.41) is 9.90. The summed E-state index contributed by atoms with van der Waals surface area (Å²) >= 11 is 1.70. The summed E-state index contributed by atoms with van der Waals surface area (Å²) < 4.78 is 5.02. The number of amides is 1. The average molecular weight is 353 g/mol. The lowest BCUT2D eigenvalue weighted by Crippen LogP contribution is -2.49. The average Bonchev–Trinajstić information content (AvgIpc) is 3.17. The Kier molecular flexibility index (Phi) is 5.24. The Bertz CT molecular complexity index is 557. The second-order valence-electron chi connectivity index (χ2n) is 7.49. The normalized spacial score (nSPS) is 27.0. The summed E-state index contributed by atoms with van der Waals surface area (Å²) in [4.78, 5) is 22.2. The lowest BCUT2D eigenvalue weighted by Gasteiger charge is -2.39. The Morgan fingerprint density at radius 3 is 2.79 bits per heavy atom. The van der Waals surface area contributed by atoms with E-state index in [4.69, 9.17) is 4.74 Å². The van der Waals surface area contributed by atoms with Crippen molar-refractivity contribution >= 4 is 17.2 Å². The minimum atomic E-state index is -0.463. The zero-order valence-electron chi connectivity index (χ0n) is 14.5. The fourth-order valence-electron chi connectivity index (χ4n) is 4.28. The van der Waals surface area contributed by atoms with Crippen LogP contribution in [-0.2, 0) is 16.1 Å². The van der Waals surface area contributed by atoms with Crippen molar-refractivity contribution in [2.75, 3.05) is 40.0 Å². The molecule has 1 aromatic heterocycles. The smallest absolute Gasteiger partial charge is 0.249 e. The molecule has 1 atom stereocenters. The van der Waals surface area contributed by atoms with E-state index in [0.717, 1.165) is 45.4 Å². The van der Waals surface area contributed by atoms with E-state index in [9.17, 15) is 9.90 Å². The quantitative estimate of drug-likeness (QED) is 0.866. The molecule has 0 bridgehead atoms. The van der Waals surface area contributed by atoms with Crippen molar-refractivity contribution in [1.29, 1.82) is 0 Å². The highest BCUT2D eigenvalue weighted by atomic mass is 32.1. The minimum Gasteiger partial charge on any atom is -0.394 e. The van der Waals surface area contributed by atoms with Gasteiger partial charge in [0.15, 0.2) is 0 Å². The van der Waals surface area contributed by atoms with Gasteiger partial charge in [-0.2, -0.15) is 0 Å². The van der Waals surface area contributed by atoms with Crippen LogP contribution in [0.15, 0.2) is 11.7 Å². The molecule has 1 N–H and O–H groups in total. The molecule has 0 radical (unpaired) electrons. The first-order chi connectivity index (χ1) is 11.5. The highest BCUT2D eigenvalue weighted by Gasteiger charge is 2.52. The molecule has 7 heteroatoms. The third-order valence-corrected chi connectivity index (χ3v) is 6.35. The predicted octanol–water partition coefficient (Wildman–Crippen LogP) is 1.35. The van der Waals surface area contributed by atoms with Crippen LogP contribution in [0.3, 0.4) is 0 Å². The number of methoxy groups -OCH3 is 1. The number of thiazole rings is 1. The molecule has 2 aliphatic rings. The monoisotopic (exact) mass is 353 g/mol. The summed E-state index contributed by atoms with van der Waals surface area (Å²) in [7, 11) is 1.54. The number of rotatable bonds is 5. The van der Waals surface area contributed by atoms with Crippen LogP contribution in [0.5, 0.6) is 0 Å². The van der Waals surface area contributed by atoms with Crippen molar-refractivity contribution < 1.29 is 14.6 Å². The molecular weight excluding hydrogens is 326 g/mol. The number of piperidine rings is 1. The van der Waals surface area contributed by atoms with Gasteiger partial charge in [0.1, 0.15) is 6.61 Å². The van der Waals surface area contributed by atoms with Gasteiger partial charge in [-0.25, -0.2) is 0 Å². The van der Waals surface area contributed by atoms with Gasteiger partial charge in [-0.15, -0.1) is 11.3 Å². The fraction of sp³-hybridized carbons (Fsp3) is 0.765. The Morgan fingerprint density at radius 1 is 1.46 bits per heavy atom. The Balaban J connectivity index is 1.64. The highest BCUT2D eigenvalue weighted by molar-refractivity contribution is 7.09. The van der Waals surface area contributed by atoms with Crippen LogP contribution < -0.4 is 0 Å². The van der Waals surface area contributed by atoms with Gasteiger partial charge in [0, 0.05) is 31.3 Å². The fourth-order valence-corrected chi connectivity index (χ4v) is 4.91. The molecule has 3 rings (SSSR count). The topological polar surface area (TPSA) is 65.9 Å². The van der Waals surface area contributed by atoms with Crippen LogP contribution in [0.4, 0.5) is 0 Å². The number of hydrogen-bond acceptors (Lipinski definition) is 6. The number of carbonyl (C=O) groups excluding carboxylic acids is 1. The number of ether oxygens (including phenoxy) is 1. The third kappa shape index (κ3) is 3.49. The lowest BCUT2D eigenvalue weighted by atomic mass is 9.74. The van der Waals surface area contributed by atoms with Crippen LogP contribution in [0.2, 0.25) is 0 Å². The zero-order chi connectivity index (χ0) is 17.2. The summed E-state index contributed by atoms with van der Waals surface area (Å²) in [6.07, 6.45) is 4.95. The molecule has 1 amide bonds. The molecule has 2 fully saturated rings. The molecule has 2 saturated heterocycles. The number of aliphatic hydroxyl groups is 1. The standard InChI is InChI=1S/C17H27N3O3S/c1-16(12-21)10-17(11-20(16)15(22)9-23-2)3-5-19(6-4-17)8-14-7-18-13-24-14/h7,13,21H,3-6,8-12H2,1-2H3/t16-/m1/s1. The third-order valence-electron chi connectivity index (χ3n) is 5.59. The molecule has 3 heterocycles. The maximum Gasteiger partial charge on any atom is 0.249 e. The number of likely N-dealkylation sites (tertiary alicyclic amines) is 2. The first kappa shape index (κ1) is 17.8. The van der Waals surface area contributed by atoms with Gasteiger partial charge in [-0.3, -0.25) is 14.7 Å². The first-order valence-electron chi connectivity index (χ1n) is 8.50. The van der Waals surface area contributed by atoms with Crippen molar-refractivity contribution in [3.63, 3.8) is 0 Å². The summed E-state index contributed by atoms with van der Waals surface area (Å²) in [5.74, 6) is -0.0157. The van der Waals surface area contributed by atoms with Crippen LogP contribution in [0.25, 0.3) is 0 Å². The van der Waals surface area contributed by atoms with Gasteiger partial charge < -0.3 is 14.7 Å². The lowest BCUT2D eigenvalue weighted by molar-refractivity contribution is -0.140. The van der Waals surface area contributed by atoms with Crippen molar-refractivity contribution in [2.45, 2.75) is 38.3 Å². The van der Waals surface area contributed by atoms with E-state index in [1.54, 1.807) is 11.3 Å². The molecular formula is C17H27N3O3S. The van der Waals surface area contributed by atoms with Gasteiger partial charge in [0.05, 0.1) is 17.7 Å². The van der Waals surface area contributed by atoms with Crippen LogP contribution in [-0.4, -0.2) is 71.3 Å². The van der Waals surface area contributed by atoms with Crippen molar-refractivity contribution in [3.8, 4) is 0 Å². The van der Waals surface area contributed by atoms with Crippen LogP contribution in [0.1, 0.15) is 31.1 Å². The Labute approximate surface area is 147 Å². The Morgan fingerprint density at radius 2 is 2.21 bits per heavy atom. The van der Waals surface area contributed by atoms with E-state index >= 15 is 0 Å². The van der Waals surface area contributed by atoms with Gasteiger partial charge in [0.2, 0.25) is 5.91 Å². The van der Waals surface area contributed by atoms with Crippen LogP contribution in [0, 0.1) is 5.41 Å². The van der Waals surface area contributed by atoms with Gasteiger partial charge in [-0.1, -0.05) is 0 Å². The number of carbonyl (C=O) groups is 1. The molecule has 134 valence electrons. The maximum atomic E-state index is 12.4. The molecule has 0 unspecified atom stereocenters. The van der Waals surface area contributed by atoms with E-state index < -0.39 is 5.54 Å². The van der Waals surface area contributed by atoms with Gasteiger partial charge in [0.25, 0.3) is 0 Å². The highest BCUT2D eigenvalue weighted by Crippen LogP contribution is 2.48. The van der Waals surface area contributed by atoms with Crippen molar-refractivity contribution in [3.05, 3.63) is 16.6 Å². The summed E-state index contributed by atoms with van der Waals surface area (Å²) in [6, 6.07) is 0. The van der Waals surface area contributed by atoms with Gasteiger partial charge >= 0.3 is 0 Å². The zero-order valence-corrected chi connectivity index (χ0v) is 15.3. The molecule has 6 nitrogen and oxygen atoms in total. The second-order valence-corrected chi connectivity index (χ2v) is 8.46. The largest absolute Gasteiger partial charge is 0.394 e. The molecule has 2 aliphatic heterocycles. The number of aromatic nitrogens is 1. The molecule has 24 heavy (non-hydrogen) atoms. The first-order valence-corrected chi connectivity index (χ1v) is 9.38. The van der Waals surface area contributed by atoms with Gasteiger partial charge in [-0.05, 0) is 44.7 Å². The SMILES string of the molecule is COCC(=O)N1CC2(CCN(Cc3cncs3)CC2)C[C@]1(C)CO. The molecule has 0 aromatic carbocycles. The molecule has 0 aliphatic carbocycles. The summed E-state index contributed by atoms with van der Waals surface area (Å²) in [6.45, 7) is 5.86. The maximum absolute atomic E-state index is 12.4.